The quantitative estimate of drug-likeness (QED) is 0.426. The van der Waals surface area contributed by atoms with E-state index in [1.54, 1.807) is 6.08 Å². The van der Waals surface area contributed by atoms with E-state index < -0.39 is 0 Å². The number of aromatic nitrogens is 1. The van der Waals surface area contributed by atoms with Crippen LogP contribution in [-0.2, 0) is 22.4 Å². The van der Waals surface area contributed by atoms with Crippen LogP contribution >= 0.6 is 0 Å². The molecule has 0 amide bonds. The lowest BCUT2D eigenvalue weighted by molar-refractivity contribution is -0.134. The molecule has 0 saturated carbocycles. The minimum Gasteiger partial charge on any atom is -0.466 e. The van der Waals surface area contributed by atoms with E-state index in [0.717, 1.165) is 30.3 Å². The Labute approximate surface area is 170 Å². The van der Waals surface area contributed by atoms with Crippen molar-refractivity contribution >= 4 is 22.9 Å². The van der Waals surface area contributed by atoms with Crippen LogP contribution in [0.2, 0.25) is 0 Å². The van der Waals surface area contributed by atoms with Crippen LogP contribution < -0.4 is 5.32 Å². The highest BCUT2D eigenvalue weighted by Gasteiger charge is 2.25. The molecule has 1 aromatic heterocycles. The molecule has 0 fully saturated rings. The second-order valence-corrected chi connectivity index (χ2v) is 7.52. The summed E-state index contributed by atoms with van der Waals surface area (Å²) >= 11 is 0. The second kappa shape index (κ2) is 8.64. The molecule has 0 aliphatic heterocycles. The van der Waals surface area contributed by atoms with Crippen LogP contribution in [0.1, 0.15) is 34.7 Å². The fraction of sp³-hybridized carbons (Fsp3) is 0.292. The zero-order valence-corrected chi connectivity index (χ0v) is 16.5. The predicted molar refractivity (Wildman–Crippen MR) is 115 cm³/mol. The van der Waals surface area contributed by atoms with Gasteiger partial charge in [-0.3, -0.25) is 0 Å². The molecule has 1 aliphatic carbocycles. The molecule has 0 unspecified atom stereocenters. The molecule has 2 atom stereocenters. The summed E-state index contributed by atoms with van der Waals surface area (Å²) in [7, 11) is 1.37. The summed E-state index contributed by atoms with van der Waals surface area (Å²) in [4.78, 5) is 14.6. The molecular weight excluding hydrogens is 364 g/mol. The lowest BCUT2D eigenvalue weighted by Crippen LogP contribution is -2.36. The van der Waals surface area contributed by atoms with Crippen molar-refractivity contribution in [3.63, 3.8) is 0 Å². The topological polar surface area (TPSA) is 74.3 Å². The van der Waals surface area contributed by atoms with Gasteiger partial charge in [0.1, 0.15) is 0 Å². The first kappa shape index (κ1) is 19.4. The average Bonchev–Trinajstić information content (AvgIpc) is 3.35. The van der Waals surface area contributed by atoms with E-state index in [2.05, 4.69) is 39.3 Å². The highest BCUT2D eigenvalue weighted by Crippen LogP contribution is 2.33. The Morgan fingerprint density at radius 3 is 3.03 bits per heavy atom. The van der Waals surface area contributed by atoms with E-state index in [0.29, 0.717) is 0 Å². The molecule has 29 heavy (non-hydrogen) atoms. The molecule has 3 N–H and O–H groups in total. The third-order valence-electron chi connectivity index (χ3n) is 5.66. The summed E-state index contributed by atoms with van der Waals surface area (Å²) in [6.07, 6.45) is 8.02. The fourth-order valence-electron chi connectivity index (χ4n) is 4.17. The molecule has 1 aliphatic rings. The first-order valence-electron chi connectivity index (χ1n) is 9.98. The number of aromatic amines is 1. The van der Waals surface area contributed by atoms with Crippen molar-refractivity contribution in [1.29, 1.82) is 0 Å². The number of carbonyl (C=O) groups is 1. The molecule has 4 rings (SSSR count). The monoisotopic (exact) mass is 390 g/mol. The smallest absolute Gasteiger partial charge is 0.330 e. The highest BCUT2D eigenvalue weighted by atomic mass is 16.5. The molecule has 0 spiro atoms. The molecule has 3 aromatic rings. The van der Waals surface area contributed by atoms with Crippen molar-refractivity contribution < 1.29 is 14.6 Å². The SMILES string of the molecule is COC(=O)/C=C/c1ccc2c(c1)CC[C@@H]2N[C@H](CO)Cc1c[nH]c2ccccc12. The molecule has 0 radical (unpaired) electrons. The molecule has 2 aromatic carbocycles. The Kier molecular flexibility index (Phi) is 5.79. The third kappa shape index (κ3) is 4.26. The number of methoxy groups -OCH3 is 1. The predicted octanol–water partition coefficient (Wildman–Crippen LogP) is 3.53. The number of hydrogen-bond donors (Lipinski definition) is 3. The minimum atomic E-state index is -0.354. The zero-order valence-electron chi connectivity index (χ0n) is 16.5. The number of nitrogens with one attached hydrogen (secondary N) is 2. The van der Waals surface area contributed by atoms with Crippen LogP contribution in [0, 0.1) is 0 Å². The van der Waals surface area contributed by atoms with Crippen LogP contribution in [0.5, 0.6) is 0 Å². The number of benzene rings is 2. The van der Waals surface area contributed by atoms with Gasteiger partial charge in [0.15, 0.2) is 0 Å². The fourth-order valence-corrected chi connectivity index (χ4v) is 4.17. The molecule has 0 saturated heterocycles. The van der Waals surface area contributed by atoms with Crippen molar-refractivity contribution in [2.24, 2.45) is 0 Å². The number of aliphatic hydroxyl groups is 1. The van der Waals surface area contributed by atoms with Gasteiger partial charge in [-0.25, -0.2) is 4.79 Å². The molecule has 0 bridgehead atoms. The van der Waals surface area contributed by atoms with Crippen molar-refractivity contribution in [2.75, 3.05) is 13.7 Å². The van der Waals surface area contributed by atoms with E-state index in [1.807, 2.05) is 24.4 Å². The minimum absolute atomic E-state index is 0.0101. The Balaban J connectivity index is 1.46. The maximum Gasteiger partial charge on any atom is 0.330 e. The summed E-state index contributed by atoms with van der Waals surface area (Å²) in [6, 6.07) is 14.7. The van der Waals surface area contributed by atoms with Gasteiger partial charge in [-0.1, -0.05) is 36.4 Å². The number of para-hydroxylation sites is 1. The van der Waals surface area contributed by atoms with Crippen LogP contribution in [0.15, 0.2) is 54.7 Å². The average molecular weight is 390 g/mol. The van der Waals surface area contributed by atoms with Crippen LogP contribution in [0.4, 0.5) is 0 Å². The standard InChI is InChI=1S/C24H26N2O3/c1-29-24(28)11-7-16-6-9-21-17(12-16)8-10-23(21)26-19(15-27)13-18-14-25-22-5-3-2-4-20(18)22/h2-7,9,11-12,14,19,23,25-27H,8,10,13,15H2,1H3/b11-7+/t19-,23-/m0/s1. The van der Waals surface area contributed by atoms with Crippen molar-refractivity contribution in [1.82, 2.24) is 10.3 Å². The number of aryl methyl sites for hydroxylation is 1. The van der Waals surface area contributed by atoms with E-state index >= 15 is 0 Å². The summed E-state index contributed by atoms with van der Waals surface area (Å²) in [5.41, 5.74) is 5.90. The van der Waals surface area contributed by atoms with E-state index in [4.69, 9.17) is 0 Å². The third-order valence-corrected chi connectivity index (χ3v) is 5.66. The van der Waals surface area contributed by atoms with Gasteiger partial charge in [0.25, 0.3) is 0 Å². The van der Waals surface area contributed by atoms with Gasteiger partial charge in [0, 0.05) is 35.3 Å². The normalized spacial score (nSPS) is 17.0. The first-order valence-corrected chi connectivity index (χ1v) is 9.98. The van der Waals surface area contributed by atoms with Gasteiger partial charge in [0.05, 0.1) is 13.7 Å². The van der Waals surface area contributed by atoms with E-state index in [-0.39, 0.29) is 24.7 Å². The molecule has 5 nitrogen and oxygen atoms in total. The highest BCUT2D eigenvalue weighted by molar-refractivity contribution is 5.87. The van der Waals surface area contributed by atoms with E-state index in [9.17, 15) is 9.90 Å². The number of ether oxygens (including phenoxy) is 1. The summed E-state index contributed by atoms with van der Waals surface area (Å²) < 4.78 is 4.65. The second-order valence-electron chi connectivity index (χ2n) is 7.52. The molecule has 150 valence electrons. The largest absolute Gasteiger partial charge is 0.466 e. The van der Waals surface area contributed by atoms with Gasteiger partial charge in [0.2, 0.25) is 0 Å². The van der Waals surface area contributed by atoms with Crippen molar-refractivity contribution in [2.45, 2.75) is 31.3 Å². The number of rotatable bonds is 7. The summed E-state index contributed by atoms with van der Waals surface area (Å²) in [5.74, 6) is -0.354. The number of hydrogen-bond acceptors (Lipinski definition) is 4. The Bertz CT molecular complexity index is 1040. The van der Waals surface area contributed by atoms with Gasteiger partial charge in [-0.05, 0) is 53.7 Å². The maximum atomic E-state index is 11.3. The first-order chi connectivity index (χ1) is 14.2. The van der Waals surface area contributed by atoms with Crippen molar-refractivity contribution in [3.05, 3.63) is 77.0 Å². The van der Waals surface area contributed by atoms with Gasteiger partial charge in [-0.2, -0.15) is 0 Å². The summed E-state index contributed by atoms with van der Waals surface area (Å²) in [6.45, 7) is 0.0886. The number of aliphatic hydroxyl groups excluding tert-OH is 1. The van der Waals surface area contributed by atoms with Crippen molar-refractivity contribution in [3.8, 4) is 0 Å². The lowest BCUT2D eigenvalue weighted by atomic mass is 10.0. The molecule has 1 heterocycles. The Morgan fingerprint density at radius 2 is 2.21 bits per heavy atom. The Hall–Kier alpha value is -2.89. The molecule has 5 heteroatoms. The number of carbonyl (C=O) groups excluding carboxylic acids is 1. The van der Waals surface area contributed by atoms with Crippen LogP contribution in [0.25, 0.3) is 17.0 Å². The zero-order chi connectivity index (χ0) is 20.2. The van der Waals surface area contributed by atoms with Gasteiger partial charge >= 0.3 is 5.97 Å². The summed E-state index contributed by atoms with van der Waals surface area (Å²) in [5, 5.41) is 14.8. The lowest BCUT2D eigenvalue weighted by Gasteiger charge is -2.22. The van der Waals surface area contributed by atoms with Gasteiger partial charge in [-0.15, -0.1) is 0 Å². The van der Waals surface area contributed by atoms with Crippen LogP contribution in [-0.4, -0.2) is 35.8 Å². The van der Waals surface area contributed by atoms with Gasteiger partial charge < -0.3 is 20.1 Å². The number of esters is 1. The number of H-pyrrole nitrogens is 1. The molecular formula is C24H26N2O3. The Morgan fingerprint density at radius 1 is 1.34 bits per heavy atom. The van der Waals surface area contributed by atoms with E-state index in [1.165, 1.54) is 35.3 Å². The van der Waals surface area contributed by atoms with Crippen LogP contribution in [0.3, 0.4) is 0 Å². The number of fused-ring (bicyclic) bond motifs is 2. The maximum absolute atomic E-state index is 11.3.